The smallest absolute Gasteiger partial charge is 1.00 e. The SMILES string of the molecule is [C-]1=CC=CC1.[C-]1=CC=CC1.[Eu+3].[H-]. The maximum Gasteiger partial charge on any atom is 3.00 e. The van der Waals surface area contributed by atoms with E-state index >= 15 is 0 Å². The molecule has 0 unspecified atom stereocenters. The Hall–Kier alpha value is 0.544. The van der Waals surface area contributed by atoms with Crippen LogP contribution in [0.5, 0.6) is 0 Å². The van der Waals surface area contributed by atoms with E-state index in [1.807, 2.05) is 24.3 Å². The molecule has 0 aromatic rings. The molecule has 0 nitrogen and oxygen atoms in total. The van der Waals surface area contributed by atoms with Gasteiger partial charge in [-0.1, -0.05) is 0 Å². The second kappa shape index (κ2) is 8.64. The molecule has 0 aromatic heterocycles. The minimum atomic E-state index is 0. The van der Waals surface area contributed by atoms with Gasteiger partial charge in [0.2, 0.25) is 0 Å². The van der Waals surface area contributed by atoms with Crippen LogP contribution in [0, 0.1) is 61.5 Å². The van der Waals surface area contributed by atoms with Gasteiger partial charge in [-0.3, -0.25) is 12.2 Å². The summed E-state index contributed by atoms with van der Waals surface area (Å²) < 4.78 is 0. The third-order valence-electron chi connectivity index (χ3n) is 1.17. The van der Waals surface area contributed by atoms with Crippen molar-refractivity contribution in [3.8, 4) is 0 Å². The van der Waals surface area contributed by atoms with Crippen molar-refractivity contribution in [3.05, 3.63) is 48.6 Å². The molecule has 0 atom stereocenters. The van der Waals surface area contributed by atoms with Crippen LogP contribution in [-0.2, 0) is 0 Å². The Kier molecular flexibility index (Phi) is 9.07. The number of rotatable bonds is 0. The molecule has 1 heteroatoms. The van der Waals surface area contributed by atoms with Crippen LogP contribution in [0.15, 0.2) is 36.5 Å². The first-order valence-corrected chi connectivity index (χ1v) is 3.43. The van der Waals surface area contributed by atoms with Gasteiger partial charge in [0.15, 0.2) is 0 Å². The predicted molar refractivity (Wildman–Crippen MR) is 44.3 cm³/mol. The van der Waals surface area contributed by atoms with Crippen molar-refractivity contribution in [3.63, 3.8) is 0 Å². The van der Waals surface area contributed by atoms with E-state index in [9.17, 15) is 0 Å². The van der Waals surface area contributed by atoms with Gasteiger partial charge in [-0.05, 0) is 0 Å². The van der Waals surface area contributed by atoms with E-state index in [2.05, 4.69) is 24.3 Å². The molecule has 2 rings (SSSR count). The Bertz CT molecular complexity index is 148. The van der Waals surface area contributed by atoms with Crippen LogP contribution in [0.1, 0.15) is 14.3 Å². The molecule has 0 fully saturated rings. The summed E-state index contributed by atoms with van der Waals surface area (Å²) in [6, 6.07) is 0. The van der Waals surface area contributed by atoms with E-state index in [1.165, 1.54) is 0 Å². The van der Waals surface area contributed by atoms with E-state index in [-0.39, 0.29) is 50.8 Å². The van der Waals surface area contributed by atoms with Crippen LogP contribution in [0.25, 0.3) is 0 Å². The molecule has 0 N–H and O–H groups in total. The first-order chi connectivity index (χ1) is 5.00. The predicted octanol–water partition coefficient (Wildman–Crippen LogP) is 2.72. The molecule has 0 aromatic carbocycles. The summed E-state index contributed by atoms with van der Waals surface area (Å²) in [5.74, 6) is 0. The molecule has 0 heterocycles. The summed E-state index contributed by atoms with van der Waals surface area (Å²) in [5.41, 5.74) is 0. The Morgan fingerprint density at radius 2 is 1.36 bits per heavy atom. The standard InChI is InChI=1S/2C5H5.Eu.H/c2*1-2-4-5-3-1;;/h2*1-3H,4H2;;/q2*-1;+3;-1. The van der Waals surface area contributed by atoms with Gasteiger partial charge in [-0.2, -0.15) is 12.2 Å². The van der Waals surface area contributed by atoms with Gasteiger partial charge in [-0.25, -0.2) is 24.3 Å². The number of hydrogen-bond acceptors (Lipinski definition) is 0. The molecule has 0 amide bonds. The molecule has 0 radical (unpaired) electrons. The van der Waals surface area contributed by atoms with Crippen molar-refractivity contribution in [2.75, 3.05) is 0 Å². The van der Waals surface area contributed by atoms with Crippen molar-refractivity contribution in [2.24, 2.45) is 0 Å². The molecule has 0 aliphatic heterocycles. The van der Waals surface area contributed by atoms with Crippen molar-refractivity contribution < 1.29 is 50.8 Å². The van der Waals surface area contributed by atoms with Gasteiger partial charge in [0.1, 0.15) is 0 Å². The fourth-order valence-corrected chi connectivity index (χ4v) is 0.680. The van der Waals surface area contributed by atoms with Crippen LogP contribution >= 0.6 is 0 Å². The second-order valence-electron chi connectivity index (χ2n) is 2.01. The van der Waals surface area contributed by atoms with Crippen molar-refractivity contribution >= 4 is 0 Å². The Balaban J connectivity index is 0. The molecular weight excluding hydrogens is 272 g/mol. The van der Waals surface area contributed by atoms with Crippen LogP contribution in [0.4, 0.5) is 0 Å². The van der Waals surface area contributed by atoms with Gasteiger partial charge >= 0.3 is 49.4 Å². The number of allylic oxidation sites excluding steroid dienone is 8. The van der Waals surface area contributed by atoms with E-state index in [0.717, 1.165) is 12.8 Å². The molecule has 0 saturated heterocycles. The zero-order chi connectivity index (χ0) is 7.07. The van der Waals surface area contributed by atoms with Gasteiger partial charge in [0.05, 0.1) is 0 Å². The van der Waals surface area contributed by atoms with Gasteiger partial charge in [0.25, 0.3) is 0 Å². The summed E-state index contributed by atoms with van der Waals surface area (Å²) in [4.78, 5) is 0. The topological polar surface area (TPSA) is 0 Å². The fraction of sp³-hybridized carbons (Fsp3) is 0.200. The average Bonchev–Trinajstić information content (AvgIpc) is 2.67. The summed E-state index contributed by atoms with van der Waals surface area (Å²) in [7, 11) is 0. The van der Waals surface area contributed by atoms with Crippen molar-refractivity contribution in [2.45, 2.75) is 12.8 Å². The van der Waals surface area contributed by atoms with Gasteiger partial charge < -0.3 is 1.43 Å². The quantitative estimate of drug-likeness (QED) is 0.600. The third kappa shape index (κ3) is 6.92. The van der Waals surface area contributed by atoms with Crippen LogP contribution < -0.4 is 0 Å². The summed E-state index contributed by atoms with van der Waals surface area (Å²) in [5, 5.41) is 0. The second-order valence-corrected chi connectivity index (χ2v) is 2.01. The van der Waals surface area contributed by atoms with E-state index in [1.54, 1.807) is 0 Å². The number of hydrogen-bond donors (Lipinski definition) is 0. The zero-order valence-corrected chi connectivity index (χ0v) is 8.68. The molecule has 0 spiro atoms. The summed E-state index contributed by atoms with van der Waals surface area (Å²) >= 11 is 0. The molecule has 58 valence electrons. The van der Waals surface area contributed by atoms with Crippen LogP contribution in [-0.4, -0.2) is 0 Å². The average molecular weight is 283 g/mol. The van der Waals surface area contributed by atoms with Gasteiger partial charge in [0, 0.05) is 0 Å². The van der Waals surface area contributed by atoms with E-state index < -0.39 is 0 Å². The fourth-order valence-electron chi connectivity index (χ4n) is 0.680. The Morgan fingerprint density at radius 3 is 1.45 bits per heavy atom. The Morgan fingerprint density at radius 1 is 0.909 bits per heavy atom. The maximum absolute atomic E-state index is 2.99. The summed E-state index contributed by atoms with van der Waals surface area (Å²) in [6.45, 7) is 0. The monoisotopic (exact) mass is 284 g/mol. The molecule has 0 saturated carbocycles. The van der Waals surface area contributed by atoms with E-state index in [4.69, 9.17) is 0 Å². The molecule has 2 aliphatic rings. The molecule has 0 bridgehead atoms. The largest absolute Gasteiger partial charge is 3.00 e. The minimum Gasteiger partial charge on any atom is -1.00 e. The summed E-state index contributed by atoms with van der Waals surface area (Å²) in [6.07, 6.45) is 20.0. The third-order valence-corrected chi connectivity index (χ3v) is 1.17. The van der Waals surface area contributed by atoms with Crippen molar-refractivity contribution in [1.29, 1.82) is 0 Å². The Labute approximate surface area is 111 Å². The van der Waals surface area contributed by atoms with Gasteiger partial charge in [-0.15, -0.1) is 12.8 Å². The molecular formula is C10H11Eu. The first-order valence-electron chi connectivity index (χ1n) is 3.43. The molecule has 11 heavy (non-hydrogen) atoms. The van der Waals surface area contributed by atoms with Crippen LogP contribution in [0.3, 0.4) is 0 Å². The van der Waals surface area contributed by atoms with Crippen molar-refractivity contribution in [1.82, 2.24) is 0 Å². The zero-order valence-electron chi connectivity index (χ0n) is 7.26. The van der Waals surface area contributed by atoms with E-state index in [0.29, 0.717) is 0 Å². The molecule has 2 aliphatic carbocycles. The minimum absolute atomic E-state index is 0. The first kappa shape index (κ1) is 11.5. The maximum atomic E-state index is 2.99. The van der Waals surface area contributed by atoms with Crippen LogP contribution in [0.2, 0.25) is 0 Å². The normalized spacial score (nSPS) is 16.0.